The summed E-state index contributed by atoms with van der Waals surface area (Å²) < 4.78 is 0. The van der Waals surface area contributed by atoms with E-state index in [9.17, 15) is 0 Å². The molecule has 7 heavy (non-hydrogen) atoms. The van der Waals surface area contributed by atoms with Gasteiger partial charge < -0.3 is 0 Å². The summed E-state index contributed by atoms with van der Waals surface area (Å²) in [6.07, 6.45) is 1.40. The highest BCUT2D eigenvalue weighted by molar-refractivity contribution is 5.02. The van der Waals surface area contributed by atoms with E-state index in [1.165, 1.54) is 6.42 Å². The van der Waals surface area contributed by atoms with Crippen molar-refractivity contribution in [1.29, 1.82) is 0 Å². The molecule has 0 atom stereocenters. The van der Waals surface area contributed by atoms with Gasteiger partial charge in [-0.25, -0.2) is 0 Å². The maximum atomic E-state index is 2.33. The first-order valence-electron chi connectivity index (χ1n) is 2.96. The summed E-state index contributed by atoms with van der Waals surface area (Å²) in [5, 5.41) is 0. The van der Waals surface area contributed by atoms with Crippen molar-refractivity contribution in [3.8, 4) is 0 Å². The van der Waals surface area contributed by atoms with Crippen molar-refractivity contribution in [2.45, 2.75) is 34.1 Å². The zero-order chi connectivity index (χ0) is 5.71. The van der Waals surface area contributed by atoms with Gasteiger partial charge in [-0.3, -0.25) is 0 Å². The summed E-state index contributed by atoms with van der Waals surface area (Å²) in [4.78, 5) is 0. The Kier molecular flexibility index (Phi) is 0.652. The molecule has 0 aromatic rings. The molecular weight excluding hydrogens is 84.1 g/mol. The smallest absolute Gasteiger partial charge is 0.0297 e. The van der Waals surface area contributed by atoms with Gasteiger partial charge in [-0.15, -0.1) is 0 Å². The summed E-state index contributed by atoms with van der Waals surface area (Å²) in [5.41, 5.74) is 1.29. The largest absolute Gasteiger partial charge is 0.0594 e. The first-order chi connectivity index (χ1) is 2.96. The molecule has 0 saturated heterocycles. The van der Waals surface area contributed by atoms with Crippen LogP contribution in [-0.2, 0) is 0 Å². The van der Waals surface area contributed by atoms with Crippen LogP contribution in [0, 0.1) is 10.8 Å². The number of hydrogen-bond donors (Lipinski definition) is 0. The second-order valence-corrected chi connectivity index (χ2v) is 3.94. The third kappa shape index (κ3) is 0.568. The van der Waals surface area contributed by atoms with Gasteiger partial charge in [0.2, 0.25) is 0 Å². The zero-order valence-electron chi connectivity index (χ0n) is 5.71. The van der Waals surface area contributed by atoms with Crippen LogP contribution >= 0.6 is 0 Å². The summed E-state index contributed by atoms with van der Waals surface area (Å²) in [7, 11) is 0. The van der Waals surface area contributed by atoms with E-state index in [-0.39, 0.29) is 0 Å². The average Bonchev–Trinajstić information content (AvgIpc) is 1.63. The monoisotopic (exact) mass is 98.1 g/mol. The molecule has 42 valence electrons. The van der Waals surface area contributed by atoms with Crippen LogP contribution in [0.25, 0.3) is 0 Å². The van der Waals surface area contributed by atoms with Gasteiger partial charge in [0.15, 0.2) is 0 Å². The Morgan fingerprint density at radius 1 is 0.857 bits per heavy atom. The minimum Gasteiger partial charge on any atom is -0.0594 e. The molecule has 0 nitrogen and oxygen atoms in total. The summed E-state index contributed by atoms with van der Waals surface area (Å²) in [6, 6.07) is 0. The van der Waals surface area contributed by atoms with Crippen LogP contribution in [0.4, 0.5) is 0 Å². The van der Waals surface area contributed by atoms with E-state index in [1.807, 2.05) is 0 Å². The molecule has 1 aliphatic rings. The molecule has 1 aliphatic carbocycles. The van der Waals surface area contributed by atoms with Crippen molar-refractivity contribution in [3.63, 3.8) is 0 Å². The fourth-order valence-electron chi connectivity index (χ4n) is 1.06. The Morgan fingerprint density at radius 2 is 1.00 bits per heavy atom. The Morgan fingerprint density at radius 3 is 1.00 bits per heavy atom. The molecule has 0 heteroatoms. The van der Waals surface area contributed by atoms with E-state index in [0.717, 1.165) is 0 Å². The van der Waals surface area contributed by atoms with Crippen molar-refractivity contribution in [2.24, 2.45) is 10.8 Å². The SMILES string of the molecule is CC1(C)CC1(C)C. The van der Waals surface area contributed by atoms with E-state index < -0.39 is 0 Å². The second-order valence-electron chi connectivity index (χ2n) is 3.94. The number of hydrogen-bond acceptors (Lipinski definition) is 0. The van der Waals surface area contributed by atoms with Crippen molar-refractivity contribution < 1.29 is 0 Å². The molecular formula is C7H14. The summed E-state index contributed by atoms with van der Waals surface area (Å²) in [6.45, 7) is 9.31. The van der Waals surface area contributed by atoms with Crippen LogP contribution in [0.3, 0.4) is 0 Å². The molecule has 1 fully saturated rings. The Hall–Kier alpha value is 0. The van der Waals surface area contributed by atoms with Gasteiger partial charge in [-0.1, -0.05) is 27.7 Å². The molecule has 0 radical (unpaired) electrons. The van der Waals surface area contributed by atoms with Crippen molar-refractivity contribution >= 4 is 0 Å². The molecule has 1 saturated carbocycles. The van der Waals surface area contributed by atoms with Crippen LogP contribution in [0.1, 0.15) is 34.1 Å². The highest BCUT2D eigenvalue weighted by Crippen LogP contribution is 2.62. The van der Waals surface area contributed by atoms with Crippen LogP contribution < -0.4 is 0 Å². The lowest BCUT2D eigenvalue weighted by Gasteiger charge is -2.04. The molecule has 0 unspecified atom stereocenters. The molecule has 0 aliphatic heterocycles. The lowest BCUT2D eigenvalue weighted by molar-refractivity contribution is 0.457. The Bertz CT molecular complexity index is 76.2. The van der Waals surface area contributed by atoms with Crippen molar-refractivity contribution in [1.82, 2.24) is 0 Å². The van der Waals surface area contributed by atoms with Gasteiger partial charge in [0.25, 0.3) is 0 Å². The quantitative estimate of drug-likeness (QED) is 0.436. The fraction of sp³-hybridized carbons (Fsp3) is 1.00. The van der Waals surface area contributed by atoms with Gasteiger partial charge in [-0.2, -0.15) is 0 Å². The van der Waals surface area contributed by atoms with E-state index in [2.05, 4.69) is 27.7 Å². The van der Waals surface area contributed by atoms with E-state index >= 15 is 0 Å². The van der Waals surface area contributed by atoms with Crippen LogP contribution in [-0.4, -0.2) is 0 Å². The van der Waals surface area contributed by atoms with Gasteiger partial charge in [0.1, 0.15) is 0 Å². The minimum absolute atomic E-state index is 0.646. The molecule has 0 spiro atoms. The van der Waals surface area contributed by atoms with E-state index in [4.69, 9.17) is 0 Å². The van der Waals surface area contributed by atoms with E-state index in [1.54, 1.807) is 0 Å². The predicted molar refractivity (Wildman–Crippen MR) is 32.2 cm³/mol. The van der Waals surface area contributed by atoms with Gasteiger partial charge >= 0.3 is 0 Å². The lowest BCUT2D eigenvalue weighted by atomic mass is 10.0. The third-order valence-electron chi connectivity index (χ3n) is 2.59. The first-order valence-corrected chi connectivity index (χ1v) is 2.96. The Labute approximate surface area is 45.9 Å². The van der Waals surface area contributed by atoms with Crippen LogP contribution in [0.15, 0.2) is 0 Å². The predicted octanol–water partition coefficient (Wildman–Crippen LogP) is 2.44. The van der Waals surface area contributed by atoms with Crippen LogP contribution in [0.2, 0.25) is 0 Å². The average molecular weight is 98.2 g/mol. The minimum atomic E-state index is 0.646. The van der Waals surface area contributed by atoms with Gasteiger partial charge in [0.05, 0.1) is 0 Å². The standard InChI is InChI=1S/C7H14/c1-6(2)5-7(6,3)4/h5H2,1-4H3. The maximum Gasteiger partial charge on any atom is -0.0297 e. The Balaban J connectivity index is 2.59. The second kappa shape index (κ2) is 0.888. The summed E-state index contributed by atoms with van der Waals surface area (Å²) in [5.74, 6) is 0. The highest BCUT2D eigenvalue weighted by atomic mass is 14.6. The molecule has 0 aromatic carbocycles. The molecule has 0 heterocycles. The molecule has 0 amide bonds. The molecule has 1 rings (SSSR count). The van der Waals surface area contributed by atoms with Crippen LogP contribution in [0.5, 0.6) is 0 Å². The van der Waals surface area contributed by atoms with Gasteiger partial charge in [-0.05, 0) is 17.3 Å². The van der Waals surface area contributed by atoms with Crippen molar-refractivity contribution in [2.75, 3.05) is 0 Å². The first kappa shape index (κ1) is 5.14. The summed E-state index contributed by atoms with van der Waals surface area (Å²) >= 11 is 0. The zero-order valence-corrected chi connectivity index (χ0v) is 5.71. The molecule has 0 N–H and O–H groups in total. The topological polar surface area (TPSA) is 0 Å². The van der Waals surface area contributed by atoms with Gasteiger partial charge in [0, 0.05) is 0 Å². The lowest BCUT2D eigenvalue weighted by Crippen LogP contribution is -1.95. The molecule has 0 aromatic heterocycles. The molecule has 0 bridgehead atoms. The van der Waals surface area contributed by atoms with Crippen molar-refractivity contribution in [3.05, 3.63) is 0 Å². The third-order valence-corrected chi connectivity index (χ3v) is 2.59. The van der Waals surface area contributed by atoms with E-state index in [0.29, 0.717) is 10.8 Å². The number of rotatable bonds is 0. The normalized spacial score (nSPS) is 32.6. The maximum absolute atomic E-state index is 2.33. The fourth-order valence-corrected chi connectivity index (χ4v) is 1.06. The highest BCUT2D eigenvalue weighted by Gasteiger charge is 2.53.